The molecule has 0 aliphatic rings. The van der Waals surface area contributed by atoms with Crippen LogP contribution < -0.4 is 4.74 Å². The van der Waals surface area contributed by atoms with Crippen LogP contribution in [-0.4, -0.2) is 23.8 Å². The molecule has 0 bridgehead atoms. The summed E-state index contributed by atoms with van der Waals surface area (Å²) in [5.74, 6) is 0.845. The number of hydrogen-bond acceptors (Lipinski definition) is 6. The third kappa shape index (κ3) is 4.24. The molecule has 0 N–H and O–H groups in total. The summed E-state index contributed by atoms with van der Waals surface area (Å²) < 4.78 is 5.25. The summed E-state index contributed by atoms with van der Waals surface area (Å²) in [5, 5.41) is 12.8. The molecule has 0 atom stereocenters. The molecule has 0 radical (unpaired) electrons. The number of aryl methyl sites for hydroxylation is 1. The molecular weight excluding hydrogens is 340 g/mol. The smallest absolute Gasteiger partial charge is 0.294 e. The predicted molar refractivity (Wildman–Crippen MR) is 96.8 cm³/mol. The van der Waals surface area contributed by atoms with Gasteiger partial charge in [-0.1, -0.05) is 24.3 Å². The molecule has 0 unspecified atom stereocenters. The van der Waals surface area contributed by atoms with Crippen molar-refractivity contribution in [3.05, 3.63) is 67.7 Å². The monoisotopic (exact) mass is 358 g/mol. The number of nitrogens with zero attached hydrogens (tertiary/aromatic N) is 2. The van der Waals surface area contributed by atoms with Crippen LogP contribution in [0.2, 0.25) is 0 Å². The molecule has 0 aliphatic carbocycles. The van der Waals surface area contributed by atoms with Crippen LogP contribution in [0, 0.1) is 17.0 Å². The molecule has 25 heavy (non-hydrogen) atoms. The largest absolute Gasteiger partial charge is 0.497 e. The van der Waals surface area contributed by atoms with Gasteiger partial charge in [-0.2, -0.15) is 0 Å². The zero-order valence-electron chi connectivity index (χ0n) is 14.0. The highest BCUT2D eigenvalue weighted by atomic mass is 32.1. The topological polar surface area (TPSA) is 74.5 Å². The number of thiazole rings is 1. The fourth-order valence-corrected chi connectivity index (χ4v) is 3.78. The van der Waals surface area contributed by atoms with E-state index < -0.39 is 5.09 Å². The van der Waals surface area contributed by atoms with Crippen LogP contribution in [0.3, 0.4) is 0 Å². The van der Waals surface area contributed by atoms with Crippen LogP contribution in [0.1, 0.15) is 21.1 Å². The van der Waals surface area contributed by atoms with Gasteiger partial charge in [0.15, 0.2) is 0 Å². The van der Waals surface area contributed by atoms with Gasteiger partial charge in [0.25, 0.3) is 5.09 Å². The average Bonchev–Trinajstić information content (AvgIpc) is 2.93. The van der Waals surface area contributed by atoms with Crippen molar-refractivity contribution in [2.24, 2.45) is 0 Å². The molecule has 0 saturated heterocycles. The molecule has 3 aromatic rings. The molecule has 3 rings (SSSR count). The van der Waals surface area contributed by atoms with Gasteiger partial charge in [0.2, 0.25) is 0 Å². The van der Waals surface area contributed by atoms with Crippen molar-refractivity contribution in [2.45, 2.75) is 19.8 Å². The first kappa shape index (κ1) is 17.2. The first-order valence-corrected chi connectivity index (χ1v) is 8.66. The summed E-state index contributed by atoms with van der Waals surface area (Å²) in [6, 6.07) is 12.3. The number of fused-ring (bicyclic) bond motifs is 1. The van der Waals surface area contributed by atoms with E-state index in [0.29, 0.717) is 6.42 Å². The highest BCUT2D eigenvalue weighted by molar-refractivity contribution is 7.11. The van der Waals surface area contributed by atoms with Gasteiger partial charge < -0.3 is 9.57 Å². The van der Waals surface area contributed by atoms with Gasteiger partial charge in [-0.3, -0.25) is 0 Å². The summed E-state index contributed by atoms with van der Waals surface area (Å²) >= 11 is 1.58. The maximum atomic E-state index is 10.2. The van der Waals surface area contributed by atoms with Crippen molar-refractivity contribution in [3.8, 4) is 5.75 Å². The molecule has 0 saturated carbocycles. The number of benzene rings is 2. The van der Waals surface area contributed by atoms with Crippen molar-refractivity contribution in [1.82, 2.24) is 4.98 Å². The quantitative estimate of drug-likeness (QED) is 0.472. The van der Waals surface area contributed by atoms with E-state index in [0.717, 1.165) is 38.5 Å². The Morgan fingerprint density at radius 2 is 1.96 bits per heavy atom. The average molecular weight is 358 g/mol. The van der Waals surface area contributed by atoms with Crippen LogP contribution in [-0.2, 0) is 17.7 Å². The molecule has 7 heteroatoms. The van der Waals surface area contributed by atoms with E-state index >= 15 is 0 Å². The van der Waals surface area contributed by atoms with Crippen LogP contribution in [0.15, 0.2) is 36.4 Å². The van der Waals surface area contributed by atoms with Crippen molar-refractivity contribution in [2.75, 3.05) is 13.7 Å². The summed E-state index contributed by atoms with van der Waals surface area (Å²) in [6.45, 7) is 1.99. The number of rotatable bonds is 7. The minimum atomic E-state index is -0.763. The van der Waals surface area contributed by atoms with E-state index in [1.54, 1.807) is 18.4 Å². The number of hydrogen-bond donors (Lipinski definition) is 0. The Bertz CT molecular complexity index is 907. The first-order chi connectivity index (χ1) is 12.0. The second-order valence-electron chi connectivity index (χ2n) is 5.65. The van der Waals surface area contributed by atoms with Gasteiger partial charge in [-0.25, -0.2) is 4.98 Å². The van der Waals surface area contributed by atoms with Gasteiger partial charge >= 0.3 is 0 Å². The zero-order valence-corrected chi connectivity index (χ0v) is 14.8. The Hall–Kier alpha value is -2.67. The fraction of sp³-hybridized carbons (Fsp3) is 0.278. The minimum absolute atomic E-state index is 0.0628. The van der Waals surface area contributed by atoms with Crippen LogP contribution in [0.5, 0.6) is 5.75 Å². The highest BCUT2D eigenvalue weighted by Crippen LogP contribution is 2.25. The Kier molecular flexibility index (Phi) is 5.14. The third-order valence-electron chi connectivity index (χ3n) is 3.93. The van der Waals surface area contributed by atoms with E-state index in [4.69, 9.17) is 4.74 Å². The van der Waals surface area contributed by atoms with Crippen LogP contribution in [0.25, 0.3) is 10.8 Å². The van der Waals surface area contributed by atoms with Gasteiger partial charge in [0.1, 0.15) is 12.4 Å². The molecule has 1 aromatic heterocycles. The predicted octanol–water partition coefficient (Wildman–Crippen LogP) is 3.95. The van der Waals surface area contributed by atoms with Crippen molar-refractivity contribution < 1.29 is 14.7 Å². The molecule has 6 nitrogen and oxygen atoms in total. The normalized spacial score (nSPS) is 10.8. The zero-order chi connectivity index (χ0) is 17.8. The van der Waals surface area contributed by atoms with E-state index in [-0.39, 0.29) is 6.61 Å². The Labute approximate surface area is 149 Å². The lowest BCUT2D eigenvalue weighted by Gasteiger charge is -2.05. The van der Waals surface area contributed by atoms with Crippen molar-refractivity contribution in [3.63, 3.8) is 0 Å². The Morgan fingerprint density at radius 1 is 1.20 bits per heavy atom. The van der Waals surface area contributed by atoms with Gasteiger partial charge in [0.05, 0.1) is 17.8 Å². The van der Waals surface area contributed by atoms with Crippen LogP contribution >= 0.6 is 11.3 Å². The molecule has 0 spiro atoms. The first-order valence-electron chi connectivity index (χ1n) is 7.84. The number of methoxy groups -OCH3 is 1. The summed E-state index contributed by atoms with van der Waals surface area (Å²) in [4.78, 5) is 20.2. The summed E-state index contributed by atoms with van der Waals surface area (Å²) in [7, 11) is 1.66. The molecule has 130 valence electrons. The van der Waals surface area contributed by atoms with Gasteiger partial charge in [-0.05, 0) is 35.4 Å². The Morgan fingerprint density at radius 3 is 2.72 bits per heavy atom. The number of ether oxygens (including phenoxy) is 1. The van der Waals surface area contributed by atoms with E-state index in [2.05, 4.69) is 28.0 Å². The summed E-state index contributed by atoms with van der Waals surface area (Å²) in [6.07, 6.45) is 1.24. The lowest BCUT2D eigenvalue weighted by atomic mass is 10.1. The molecule has 2 aromatic carbocycles. The Balaban J connectivity index is 1.73. The molecule has 0 aliphatic heterocycles. The maximum absolute atomic E-state index is 10.2. The second kappa shape index (κ2) is 7.48. The van der Waals surface area contributed by atoms with Gasteiger partial charge in [0, 0.05) is 17.7 Å². The van der Waals surface area contributed by atoms with Gasteiger partial charge in [-0.15, -0.1) is 21.5 Å². The minimum Gasteiger partial charge on any atom is -0.497 e. The lowest BCUT2D eigenvalue weighted by Crippen LogP contribution is -2.04. The molecule has 0 fully saturated rings. The summed E-state index contributed by atoms with van der Waals surface area (Å²) in [5.41, 5.74) is 2.09. The second-order valence-corrected chi connectivity index (χ2v) is 6.82. The maximum Gasteiger partial charge on any atom is 0.294 e. The highest BCUT2D eigenvalue weighted by Gasteiger charge is 2.10. The van der Waals surface area contributed by atoms with Crippen LogP contribution in [0.4, 0.5) is 0 Å². The standard InChI is InChI=1S/C18H18N2O4S/c1-12-17(7-8-24-20(21)22)25-18(19-12)10-13-3-4-15-11-16(23-2)6-5-14(15)9-13/h3-6,9,11H,7-8,10H2,1-2H3. The van der Waals surface area contributed by atoms with Crippen molar-refractivity contribution in [1.29, 1.82) is 0 Å². The van der Waals surface area contributed by atoms with E-state index in [9.17, 15) is 10.1 Å². The number of aromatic nitrogens is 1. The molecule has 0 amide bonds. The third-order valence-corrected chi connectivity index (χ3v) is 5.15. The molecule has 1 heterocycles. The lowest BCUT2D eigenvalue weighted by molar-refractivity contribution is -0.757. The molecular formula is C18H18N2O4S. The SMILES string of the molecule is COc1ccc2cc(Cc3nc(C)c(CCO[N+](=O)[O-])s3)ccc2c1. The fourth-order valence-electron chi connectivity index (χ4n) is 2.69. The van der Waals surface area contributed by atoms with E-state index in [1.807, 2.05) is 25.1 Å². The van der Waals surface area contributed by atoms with Crippen molar-refractivity contribution >= 4 is 22.1 Å². The van der Waals surface area contributed by atoms with E-state index in [1.165, 1.54) is 5.56 Å².